The summed E-state index contributed by atoms with van der Waals surface area (Å²) in [6.45, 7) is 3.92. The summed E-state index contributed by atoms with van der Waals surface area (Å²) >= 11 is 0. The fourth-order valence-electron chi connectivity index (χ4n) is 4.55. The minimum Gasteiger partial charge on any atom is -0.508 e. The van der Waals surface area contributed by atoms with Crippen LogP contribution in [0, 0.1) is 0 Å². The van der Waals surface area contributed by atoms with Crippen LogP contribution in [0.15, 0.2) is 29.1 Å². The van der Waals surface area contributed by atoms with Gasteiger partial charge in [0.05, 0.1) is 29.0 Å². The number of aromatic nitrogens is 2. The molecule has 2 aromatic heterocycles. The molecule has 0 bridgehead atoms. The van der Waals surface area contributed by atoms with Crippen LogP contribution in [0.3, 0.4) is 0 Å². The van der Waals surface area contributed by atoms with E-state index in [1.807, 2.05) is 6.92 Å². The summed E-state index contributed by atoms with van der Waals surface area (Å²) in [5.74, 6) is -0.563. The van der Waals surface area contributed by atoms with Gasteiger partial charge in [-0.1, -0.05) is 13.8 Å². The molecule has 2 aliphatic rings. The van der Waals surface area contributed by atoms with Gasteiger partial charge in [0.15, 0.2) is 5.60 Å². The highest BCUT2D eigenvalue weighted by Gasteiger charge is 2.45. The number of aliphatic hydroxyl groups is 1. The van der Waals surface area contributed by atoms with Gasteiger partial charge >= 0.3 is 5.97 Å². The molecule has 3 aromatic rings. The highest BCUT2D eigenvalue weighted by atomic mass is 16.6. The van der Waals surface area contributed by atoms with Gasteiger partial charge in [-0.2, -0.15) is 0 Å². The molecular weight excluding hydrogens is 371 g/mol. The number of pyridine rings is 2. The first-order valence-corrected chi connectivity index (χ1v) is 9.70. The summed E-state index contributed by atoms with van der Waals surface area (Å²) in [7, 11) is 0. The predicted molar refractivity (Wildman–Crippen MR) is 106 cm³/mol. The van der Waals surface area contributed by atoms with Crippen molar-refractivity contribution in [2.24, 2.45) is 0 Å². The zero-order valence-corrected chi connectivity index (χ0v) is 16.2. The van der Waals surface area contributed by atoms with Crippen molar-refractivity contribution in [3.05, 3.63) is 56.9 Å². The lowest BCUT2D eigenvalue weighted by atomic mass is 9.86. The molecule has 1 atom stereocenters. The number of aromatic hydroxyl groups is 1. The van der Waals surface area contributed by atoms with Crippen LogP contribution in [0.25, 0.3) is 22.3 Å². The van der Waals surface area contributed by atoms with Crippen molar-refractivity contribution < 1.29 is 19.7 Å². The van der Waals surface area contributed by atoms with Gasteiger partial charge in [-0.15, -0.1) is 0 Å². The minimum absolute atomic E-state index is 0.110. The van der Waals surface area contributed by atoms with E-state index >= 15 is 0 Å². The number of aryl methyl sites for hydroxylation is 1. The first-order chi connectivity index (χ1) is 13.9. The molecule has 7 nitrogen and oxygen atoms in total. The number of esters is 1. The fraction of sp³-hybridized carbons (Fsp3) is 0.318. The van der Waals surface area contributed by atoms with Crippen LogP contribution in [0.5, 0.6) is 5.75 Å². The van der Waals surface area contributed by atoms with E-state index in [9.17, 15) is 19.8 Å². The molecule has 2 aliphatic heterocycles. The third-order valence-electron chi connectivity index (χ3n) is 6.14. The lowest BCUT2D eigenvalue weighted by Gasteiger charge is -2.31. The summed E-state index contributed by atoms with van der Waals surface area (Å²) in [6.07, 6.45) is 0.826. The Morgan fingerprint density at radius 3 is 2.72 bits per heavy atom. The lowest BCUT2D eigenvalue weighted by molar-refractivity contribution is -0.172. The zero-order valence-electron chi connectivity index (χ0n) is 16.2. The van der Waals surface area contributed by atoms with Crippen molar-refractivity contribution in [3.8, 4) is 17.1 Å². The normalized spacial score (nSPS) is 19.6. The maximum absolute atomic E-state index is 13.2. The molecule has 0 radical (unpaired) electrons. The molecule has 0 saturated carbocycles. The van der Waals surface area contributed by atoms with Crippen LogP contribution < -0.4 is 5.56 Å². The molecule has 4 heterocycles. The number of benzene rings is 1. The van der Waals surface area contributed by atoms with Gasteiger partial charge in [0.25, 0.3) is 5.56 Å². The van der Waals surface area contributed by atoms with Gasteiger partial charge in [-0.3, -0.25) is 4.79 Å². The van der Waals surface area contributed by atoms with Crippen LogP contribution in [0.2, 0.25) is 0 Å². The van der Waals surface area contributed by atoms with E-state index in [0.717, 1.165) is 22.0 Å². The van der Waals surface area contributed by atoms with Crippen molar-refractivity contribution in [2.75, 3.05) is 0 Å². The van der Waals surface area contributed by atoms with E-state index in [2.05, 4.69) is 0 Å². The second kappa shape index (κ2) is 5.90. The molecule has 0 spiro atoms. The maximum Gasteiger partial charge on any atom is 0.343 e. The predicted octanol–water partition coefficient (Wildman–Crippen LogP) is 2.35. The Morgan fingerprint density at radius 1 is 1.21 bits per heavy atom. The highest BCUT2D eigenvalue weighted by Crippen LogP contribution is 2.40. The van der Waals surface area contributed by atoms with Gasteiger partial charge < -0.3 is 19.5 Å². The average Bonchev–Trinajstić information content (AvgIpc) is 3.08. The molecule has 1 aromatic carbocycles. The summed E-state index contributed by atoms with van der Waals surface area (Å²) in [5, 5.41) is 21.7. The molecule has 29 heavy (non-hydrogen) atoms. The van der Waals surface area contributed by atoms with Crippen LogP contribution >= 0.6 is 0 Å². The van der Waals surface area contributed by atoms with Gasteiger partial charge in [-0.25, -0.2) is 9.78 Å². The van der Waals surface area contributed by atoms with Crippen LogP contribution in [-0.4, -0.2) is 25.7 Å². The molecular formula is C22H20N2O5. The van der Waals surface area contributed by atoms with Crippen molar-refractivity contribution in [3.63, 3.8) is 0 Å². The molecule has 0 amide bonds. The molecule has 7 heteroatoms. The molecule has 0 aliphatic carbocycles. The van der Waals surface area contributed by atoms with Gasteiger partial charge in [-0.05, 0) is 42.7 Å². The molecule has 0 saturated heterocycles. The molecule has 2 N–H and O–H groups in total. The average molecular weight is 391 g/mol. The van der Waals surface area contributed by atoms with Gasteiger partial charge in [0, 0.05) is 16.5 Å². The van der Waals surface area contributed by atoms with Crippen LogP contribution in [0.1, 0.15) is 42.5 Å². The Labute approximate surface area is 166 Å². The summed E-state index contributed by atoms with van der Waals surface area (Å²) in [5.41, 5.74) is 2.47. The molecule has 0 unspecified atom stereocenters. The number of carbonyl (C=O) groups excluding carboxylic acids is 1. The molecule has 0 fully saturated rings. The summed E-state index contributed by atoms with van der Waals surface area (Å²) < 4.78 is 6.73. The largest absolute Gasteiger partial charge is 0.508 e. The first-order valence-electron chi connectivity index (χ1n) is 9.70. The van der Waals surface area contributed by atoms with E-state index in [-0.39, 0.29) is 24.3 Å². The van der Waals surface area contributed by atoms with Crippen LogP contribution in [0.4, 0.5) is 0 Å². The number of carbonyl (C=O) groups is 1. The zero-order chi connectivity index (χ0) is 20.5. The van der Waals surface area contributed by atoms with Gasteiger partial charge in [0.2, 0.25) is 0 Å². The van der Waals surface area contributed by atoms with Crippen LogP contribution in [-0.2, 0) is 34.7 Å². The monoisotopic (exact) mass is 391 g/mol. The van der Waals surface area contributed by atoms with E-state index in [1.54, 1.807) is 35.8 Å². The standard InChI is InChI=1S/C22H20N2O5/c1-3-12-13-7-11(25)5-6-17(13)23-19-14(12)9-24-18(19)8-16-15(20(24)26)10-29-21(27)22(16,28)4-2/h5-8,25,28H,3-4,9-10H2,1-2H3/t22-/m0/s1/i1-1. The lowest BCUT2D eigenvalue weighted by Crippen LogP contribution is -2.44. The Morgan fingerprint density at radius 2 is 2.00 bits per heavy atom. The third kappa shape index (κ3) is 2.25. The third-order valence-corrected chi connectivity index (χ3v) is 6.14. The number of nitrogens with zero attached hydrogens (tertiary/aromatic N) is 2. The second-order valence-electron chi connectivity index (χ2n) is 7.58. The molecule has 148 valence electrons. The number of cyclic esters (lactones) is 1. The first kappa shape index (κ1) is 17.9. The number of ether oxygens (including phenoxy) is 1. The smallest absolute Gasteiger partial charge is 0.343 e. The Kier molecular flexibility index (Phi) is 3.64. The minimum atomic E-state index is -1.83. The van der Waals surface area contributed by atoms with Crippen molar-refractivity contribution >= 4 is 16.9 Å². The number of phenols is 1. The van der Waals surface area contributed by atoms with E-state index in [1.165, 1.54) is 0 Å². The second-order valence-corrected chi connectivity index (χ2v) is 7.58. The van der Waals surface area contributed by atoms with Crippen molar-refractivity contribution in [1.29, 1.82) is 0 Å². The Hall–Kier alpha value is -3.19. The maximum atomic E-state index is 13.2. The van der Waals surface area contributed by atoms with Crippen molar-refractivity contribution in [1.82, 2.24) is 9.55 Å². The van der Waals surface area contributed by atoms with E-state index < -0.39 is 11.6 Å². The summed E-state index contributed by atoms with van der Waals surface area (Å²) in [6, 6.07) is 6.75. The topological polar surface area (TPSA) is 102 Å². The van der Waals surface area contributed by atoms with E-state index in [0.29, 0.717) is 35.5 Å². The Bertz CT molecular complexity index is 1280. The quantitative estimate of drug-likeness (QED) is 0.509. The number of hydrogen-bond acceptors (Lipinski definition) is 6. The fourth-order valence-corrected chi connectivity index (χ4v) is 4.55. The van der Waals surface area contributed by atoms with Gasteiger partial charge in [0.1, 0.15) is 12.4 Å². The number of phenolic OH excluding ortho intramolecular Hbond substituents is 1. The number of hydrogen-bond donors (Lipinski definition) is 2. The number of rotatable bonds is 2. The number of fused-ring (bicyclic) bond motifs is 5. The summed E-state index contributed by atoms with van der Waals surface area (Å²) in [4.78, 5) is 30.2. The van der Waals surface area contributed by atoms with Crippen molar-refractivity contribution in [2.45, 2.75) is 45.4 Å². The highest BCUT2D eigenvalue weighted by molar-refractivity contribution is 5.89. The molecule has 5 rings (SSSR count). The SMILES string of the molecule is CC[C@@]1(O)C(=O)OCc2c1cc1n(c2=O)Cc2c-1nc1ccc(O)cc1c2C[11CH3]. The van der Waals surface area contributed by atoms with E-state index in [4.69, 9.17) is 9.72 Å². The Balaban J connectivity index is 1.84.